The van der Waals surface area contributed by atoms with E-state index in [-0.39, 0.29) is 5.82 Å². The predicted molar refractivity (Wildman–Crippen MR) is 56.9 cm³/mol. The van der Waals surface area contributed by atoms with Crippen molar-refractivity contribution in [1.29, 1.82) is 0 Å². The lowest BCUT2D eigenvalue weighted by atomic mass is 10.1. The number of benzene rings is 1. The van der Waals surface area contributed by atoms with Gasteiger partial charge in [0.15, 0.2) is 0 Å². The Morgan fingerprint density at radius 1 is 1.31 bits per heavy atom. The first-order valence-corrected chi connectivity index (χ1v) is 5.24. The Kier molecular flexibility index (Phi) is 2.22. The molecule has 0 amide bonds. The van der Waals surface area contributed by atoms with Gasteiger partial charge in [-0.2, -0.15) is 5.10 Å². The van der Waals surface area contributed by atoms with E-state index in [0.29, 0.717) is 12.3 Å². The normalized spacial score (nSPS) is 14.8. The summed E-state index contributed by atoms with van der Waals surface area (Å²) in [4.78, 5) is 0. The van der Waals surface area contributed by atoms with E-state index in [4.69, 9.17) is 4.74 Å². The first-order valence-electron chi connectivity index (χ1n) is 5.24. The van der Waals surface area contributed by atoms with Crippen molar-refractivity contribution in [3.05, 3.63) is 47.5 Å². The minimum Gasteiger partial charge on any atom is -0.375 e. The van der Waals surface area contributed by atoms with Crippen LogP contribution in [0.2, 0.25) is 0 Å². The number of para-hydroxylation sites is 1. The average Bonchev–Trinajstić information content (AvgIpc) is 2.74. The molecule has 0 fully saturated rings. The molecule has 0 aliphatic carbocycles. The van der Waals surface area contributed by atoms with Crippen LogP contribution in [-0.4, -0.2) is 16.4 Å². The lowest BCUT2D eigenvalue weighted by molar-refractivity contribution is 0.106. The fraction of sp³-hybridized carbons (Fsp3) is 0.250. The van der Waals surface area contributed by atoms with Crippen LogP contribution < -0.4 is 0 Å². The number of hydrogen-bond donors (Lipinski definition) is 0. The lowest BCUT2D eigenvalue weighted by Crippen LogP contribution is -2.13. The molecule has 4 heteroatoms. The topological polar surface area (TPSA) is 27.1 Å². The van der Waals surface area contributed by atoms with Gasteiger partial charge in [-0.05, 0) is 24.1 Å². The molecule has 1 aromatic heterocycles. The molecular weight excluding hydrogens is 207 g/mol. The third-order valence-corrected chi connectivity index (χ3v) is 2.79. The van der Waals surface area contributed by atoms with Crippen LogP contribution in [0.25, 0.3) is 5.69 Å². The summed E-state index contributed by atoms with van der Waals surface area (Å²) in [6, 6.07) is 6.63. The molecule has 3 nitrogen and oxygen atoms in total. The Morgan fingerprint density at radius 3 is 3.06 bits per heavy atom. The van der Waals surface area contributed by atoms with Crippen LogP contribution >= 0.6 is 0 Å². The summed E-state index contributed by atoms with van der Waals surface area (Å²) in [5.41, 5.74) is 2.58. The van der Waals surface area contributed by atoms with Gasteiger partial charge in [0.1, 0.15) is 11.5 Å². The molecule has 0 unspecified atom stereocenters. The Balaban J connectivity index is 2.13. The third-order valence-electron chi connectivity index (χ3n) is 2.79. The number of hydrogen-bond acceptors (Lipinski definition) is 2. The van der Waals surface area contributed by atoms with E-state index in [2.05, 4.69) is 5.10 Å². The van der Waals surface area contributed by atoms with Crippen molar-refractivity contribution < 1.29 is 9.13 Å². The molecule has 1 aliphatic rings. The predicted octanol–water partition coefficient (Wildman–Crippen LogP) is 2.08. The third kappa shape index (κ3) is 1.42. The van der Waals surface area contributed by atoms with Crippen LogP contribution in [0, 0.1) is 5.82 Å². The van der Waals surface area contributed by atoms with Crippen LogP contribution in [0.3, 0.4) is 0 Å². The Hall–Kier alpha value is -1.68. The van der Waals surface area contributed by atoms with E-state index < -0.39 is 0 Å². The molecule has 1 aliphatic heterocycles. The van der Waals surface area contributed by atoms with E-state index in [1.807, 2.05) is 0 Å². The molecule has 2 heterocycles. The Bertz CT molecular complexity index is 521. The van der Waals surface area contributed by atoms with Gasteiger partial charge in [0, 0.05) is 0 Å². The maximum absolute atomic E-state index is 13.6. The smallest absolute Gasteiger partial charge is 0.148 e. The summed E-state index contributed by atoms with van der Waals surface area (Å²) in [6.45, 7) is 1.22. The largest absolute Gasteiger partial charge is 0.375 e. The van der Waals surface area contributed by atoms with Gasteiger partial charge in [-0.25, -0.2) is 9.07 Å². The van der Waals surface area contributed by atoms with E-state index in [0.717, 1.165) is 24.3 Å². The number of ether oxygens (including phenoxy) is 1. The highest BCUT2D eigenvalue weighted by Gasteiger charge is 2.17. The maximum Gasteiger partial charge on any atom is 0.148 e. The van der Waals surface area contributed by atoms with Gasteiger partial charge in [-0.3, -0.25) is 0 Å². The molecule has 0 spiro atoms. The van der Waals surface area contributed by atoms with Crippen molar-refractivity contribution in [3.63, 3.8) is 0 Å². The van der Waals surface area contributed by atoms with Gasteiger partial charge < -0.3 is 4.74 Å². The van der Waals surface area contributed by atoms with Gasteiger partial charge in [0.05, 0.1) is 25.1 Å². The highest BCUT2D eigenvalue weighted by atomic mass is 19.1. The standard InChI is InChI=1S/C12H11FN2O/c13-10-3-1-2-4-11(10)15-12-8-16-6-5-9(12)7-14-15/h1-4,7H,5-6,8H2. The van der Waals surface area contributed by atoms with Crippen molar-refractivity contribution in [2.45, 2.75) is 13.0 Å². The highest BCUT2D eigenvalue weighted by molar-refractivity contribution is 5.36. The summed E-state index contributed by atoms with van der Waals surface area (Å²) in [7, 11) is 0. The molecule has 0 saturated heterocycles. The minimum atomic E-state index is -0.265. The van der Waals surface area contributed by atoms with E-state index in [1.165, 1.54) is 6.07 Å². The molecule has 0 atom stereocenters. The van der Waals surface area contributed by atoms with Gasteiger partial charge in [-0.15, -0.1) is 0 Å². The Labute approximate surface area is 92.5 Å². The summed E-state index contributed by atoms with van der Waals surface area (Å²) >= 11 is 0. The van der Waals surface area contributed by atoms with Crippen molar-refractivity contribution in [3.8, 4) is 5.69 Å². The zero-order valence-corrected chi connectivity index (χ0v) is 8.69. The average molecular weight is 218 g/mol. The van der Waals surface area contributed by atoms with E-state index in [1.54, 1.807) is 29.1 Å². The number of fused-ring (bicyclic) bond motifs is 1. The van der Waals surface area contributed by atoms with Gasteiger partial charge in [-0.1, -0.05) is 12.1 Å². The monoisotopic (exact) mass is 218 g/mol. The van der Waals surface area contributed by atoms with Crippen LogP contribution in [0.1, 0.15) is 11.3 Å². The summed E-state index contributed by atoms with van der Waals surface area (Å²) in [5, 5.41) is 4.23. The molecule has 2 aromatic rings. The second-order valence-electron chi connectivity index (χ2n) is 3.78. The molecule has 0 N–H and O–H groups in total. The SMILES string of the molecule is Fc1ccccc1-n1ncc2c1COCC2. The van der Waals surface area contributed by atoms with Crippen LogP contribution in [0.15, 0.2) is 30.5 Å². The molecule has 0 radical (unpaired) electrons. The van der Waals surface area contributed by atoms with Crippen molar-refractivity contribution >= 4 is 0 Å². The maximum atomic E-state index is 13.6. The van der Waals surface area contributed by atoms with Gasteiger partial charge >= 0.3 is 0 Å². The van der Waals surface area contributed by atoms with E-state index >= 15 is 0 Å². The fourth-order valence-electron chi connectivity index (χ4n) is 1.95. The molecule has 16 heavy (non-hydrogen) atoms. The zero-order valence-electron chi connectivity index (χ0n) is 8.69. The molecular formula is C12H11FN2O. The first-order chi connectivity index (χ1) is 7.86. The van der Waals surface area contributed by atoms with Crippen molar-refractivity contribution in [2.24, 2.45) is 0 Å². The van der Waals surface area contributed by atoms with Crippen molar-refractivity contribution in [2.75, 3.05) is 6.61 Å². The van der Waals surface area contributed by atoms with Crippen LogP contribution in [0.5, 0.6) is 0 Å². The highest BCUT2D eigenvalue weighted by Crippen LogP contribution is 2.21. The van der Waals surface area contributed by atoms with Gasteiger partial charge in [0.2, 0.25) is 0 Å². The number of aromatic nitrogens is 2. The molecule has 0 bridgehead atoms. The first kappa shape index (κ1) is 9.54. The second-order valence-corrected chi connectivity index (χ2v) is 3.78. The van der Waals surface area contributed by atoms with Crippen molar-refractivity contribution in [1.82, 2.24) is 9.78 Å². The number of rotatable bonds is 1. The quantitative estimate of drug-likeness (QED) is 0.732. The molecule has 3 rings (SSSR count). The zero-order chi connectivity index (χ0) is 11.0. The number of nitrogens with zero attached hydrogens (tertiary/aromatic N) is 2. The Morgan fingerprint density at radius 2 is 2.19 bits per heavy atom. The molecule has 0 saturated carbocycles. The van der Waals surface area contributed by atoms with Crippen LogP contribution in [-0.2, 0) is 17.8 Å². The summed E-state index contributed by atoms with van der Waals surface area (Å²) in [6.07, 6.45) is 2.65. The minimum absolute atomic E-state index is 0.265. The second kappa shape index (κ2) is 3.72. The number of halogens is 1. The fourth-order valence-corrected chi connectivity index (χ4v) is 1.95. The molecule has 82 valence electrons. The summed E-state index contributed by atoms with van der Waals surface area (Å²) < 4.78 is 20.6. The van der Waals surface area contributed by atoms with Crippen LogP contribution in [0.4, 0.5) is 4.39 Å². The lowest BCUT2D eigenvalue weighted by Gasteiger charge is -2.14. The van der Waals surface area contributed by atoms with E-state index in [9.17, 15) is 4.39 Å². The summed E-state index contributed by atoms with van der Waals surface area (Å²) in [5.74, 6) is -0.265. The van der Waals surface area contributed by atoms with Gasteiger partial charge in [0.25, 0.3) is 0 Å². The molecule has 1 aromatic carbocycles.